The summed E-state index contributed by atoms with van der Waals surface area (Å²) in [4.78, 5) is 26.3. The number of esters is 1. The zero-order valence-corrected chi connectivity index (χ0v) is 16.4. The van der Waals surface area contributed by atoms with Crippen LogP contribution in [0.1, 0.15) is 20.8 Å². The van der Waals surface area contributed by atoms with Crippen LogP contribution in [0.5, 0.6) is 0 Å². The van der Waals surface area contributed by atoms with E-state index in [1.165, 1.54) is 18.4 Å². The normalized spacial score (nSPS) is 11.7. The fourth-order valence-corrected chi connectivity index (χ4v) is 3.69. The van der Waals surface area contributed by atoms with E-state index in [1.807, 2.05) is 19.1 Å². The molecule has 1 unspecified atom stereocenters. The molecule has 0 spiro atoms. The number of hydrogen-bond donors (Lipinski definition) is 2. The van der Waals surface area contributed by atoms with Gasteiger partial charge < -0.3 is 15.0 Å². The summed E-state index contributed by atoms with van der Waals surface area (Å²) in [5.41, 5.74) is 1.88. The van der Waals surface area contributed by atoms with Crippen LogP contribution in [0.2, 0.25) is 4.34 Å². The van der Waals surface area contributed by atoms with Gasteiger partial charge in [0.2, 0.25) is 0 Å². The Balaban J connectivity index is 2.05. The van der Waals surface area contributed by atoms with Crippen molar-refractivity contribution in [3.8, 4) is 0 Å². The first kappa shape index (κ1) is 20.2. The number of quaternary nitrogens is 1. The second kappa shape index (κ2) is 9.52. The van der Waals surface area contributed by atoms with Gasteiger partial charge in [-0.3, -0.25) is 4.79 Å². The molecule has 26 heavy (non-hydrogen) atoms. The van der Waals surface area contributed by atoms with Crippen LogP contribution >= 0.6 is 22.9 Å². The molecule has 1 atom stereocenters. The van der Waals surface area contributed by atoms with Gasteiger partial charge in [-0.25, -0.2) is 4.79 Å². The van der Waals surface area contributed by atoms with Gasteiger partial charge in [0.05, 0.1) is 28.4 Å². The largest absolute Gasteiger partial charge is 0.465 e. The Kier molecular flexibility index (Phi) is 7.38. The van der Waals surface area contributed by atoms with Crippen molar-refractivity contribution < 1.29 is 19.2 Å². The Morgan fingerprint density at radius 3 is 2.73 bits per heavy atom. The fourth-order valence-electron chi connectivity index (χ4n) is 2.53. The number of ether oxygens (including phenoxy) is 1. The lowest BCUT2D eigenvalue weighted by Gasteiger charge is -2.17. The highest BCUT2D eigenvalue weighted by atomic mass is 35.5. The first-order valence-corrected chi connectivity index (χ1v) is 9.30. The Labute approximate surface area is 162 Å². The lowest BCUT2D eigenvalue weighted by atomic mass is 10.1. The lowest BCUT2D eigenvalue weighted by Crippen LogP contribution is -3.11. The number of benzene rings is 1. The summed E-state index contributed by atoms with van der Waals surface area (Å²) in [7, 11) is 1.33. The summed E-state index contributed by atoms with van der Waals surface area (Å²) in [6.07, 6.45) is 1.79. The molecule has 138 valence electrons. The van der Waals surface area contributed by atoms with Crippen molar-refractivity contribution in [2.24, 2.45) is 0 Å². The third-order valence-corrected chi connectivity index (χ3v) is 5.06. The van der Waals surface area contributed by atoms with E-state index in [9.17, 15) is 9.59 Å². The minimum absolute atomic E-state index is 0.130. The highest BCUT2D eigenvalue weighted by molar-refractivity contribution is 7.16. The molecule has 5 nitrogen and oxygen atoms in total. The Morgan fingerprint density at radius 1 is 1.35 bits per heavy atom. The maximum atomic E-state index is 12.5. The maximum Gasteiger partial charge on any atom is 0.337 e. The van der Waals surface area contributed by atoms with Crippen LogP contribution in [0, 0.1) is 6.92 Å². The minimum Gasteiger partial charge on any atom is -0.465 e. The molecule has 0 fully saturated rings. The molecule has 2 rings (SSSR count). The van der Waals surface area contributed by atoms with Crippen molar-refractivity contribution in [1.82, 2.24) is 0 Å². The average Bonchev–Trinajstić information content (AvgIpc) is 3.01. The zero-order chi connectivity index (χ0) is 19.1. The van der Waals surface area contributed by atoms with Gasteiger partial charge >= 0.3 is 5.97 Å². The number of methoxy groups -OCH3 is 1. The Bertz CT molecular complexity index is 804. The van der Waals surface area contributed by atoms with E-state index in [-0.39, 0.29) is 12.5 Å². The number of amides is 1. The highest BCUT2D eigenvalue weighted by Gasteiger charge is 2.16. The smallest absolute Gasteiger partial charge is 0.337 e. The number of thiophene rings is 1. The number of carbonyl (C=O) groups excluding carboxylic acids is 2. The maximum absolute atomic E-state index is 12.5. The van der Waals surface area contributed by atoms with Gasteiger partial charge in [0.15, 0.2) is 6.54 Å². The molecule has 0 aliphatic rings. The topological polar surface area (TPSA) is 59.8 Å². The van der Waals surface area contributed by atoms with E-state index in [0.29, 0.717) is 24.3 Å². The SMILES string of the molecule is C=CC[NH+](CC(=O)Nc1cc(C(=O)OC)ccc1C)Cc1ccc(Cl)s1. The third-order valence-electron chi connectivity index (χ3n) is 3.83. The van der Waals surface area contributed by atoms with Gasteiger partial charge in [-0.05, 0) is 42.8 Å². The van der Waals surface area contributed by atoms with Crippen molar-refractivity contribution in [3.63, 3.8) is 0 Å². The second-order valence-corrected chi connectivity index (χ2v) is 7.67. The summed E-state index contributed by atoms with van der Waals surface area (Å²) in [5.74, 6) is -0.566. The van der Waals surface area contributed by atoms with E-state index in [1.54, 1.807) is 24.3 Å². The van der Waals surface area contributed by atoms with E-state index < -0.39 is 5.97 Å². The number of nitrogens with one attached hydrogen (secondary N) is 2. The van der Waals surface area contributed by atoms with Crippen molar-refractivity contribution in [2.75, 3.05) is 25.5 Å². The second-order valence-electron chi connectivity index (χ2n) is 5.87. The molecule has 1 aromatic heterocycles. The van der Waals surface area contributed by atoms with Gasteiger partial charge in [-0.2, -0.15) is 0 Å². The van der Waals surface area contributed by atoms with Crippen molar-refractivity contribution in [3.05, 3.63) is 63.3 Å². The molecule has 0 saturated heterocycles. The van der Waals surface area contributed by atoms with Crippen molar-refractivity contribution >= 4 is 40.5 Å². The fraction of sp³-hybridized carbons (Fsp3) is 0.263. The number of halogens is 1. The predicted molar refractivity (Wildman–Crippen MR) is 105 cm³/mol. The lowest BCUT2D eigenvalue weighted by molar-refractivity contribution is -0.899. The van der Waals surface area contributed by atoms with Gasteiger partial charge in [-0.15, -0.1) is 11.3 Å². The molecular formula is C19H22ClN2O3S+. The molecule has 1 aromatic carbocycles. The molecular weight excluding hydrogens is 372 g/mol. The molecule has 7 heteroatoms. The first-order valence-electron chi connectivity index (χ1n) is 8.10. The summed E-state index contributed by atoms with van der Waals surface area (Å²) in [6, 6.07) is 8.91. The Hall–Kier alpha value is -2.15. The zero-order valence-electron chi connectivity index (χ0n) is 14.8. The summed E-state index contributed by atoms with van der Waals surface area (Å²) >= 11 is 7.49. The standard InChI is InChI=1S/C19H21ClN2O3S/c1-4-9-22(11-15-7-8-17(20)26-15)12-18(23)21-16-10-14(19(24)25-3)6-5-13(16)2/h4-8,10H,1,9,11-12H2,2-3H3,(H,21,23)/p+1. The predicted octanol–water partition coefficient (Wildman–Crippen LogP) is 2.71. The molecule has 2 aromatic rings. The van der Waals surface area contributed by atoms with Crippen LogP contribution in [0.4, 0.5) is 5.69 Å². The summed E-state index contributed by atoms with van der Waals surface area (Å²) in [5, 5.41) is 2.88. The number of hydrogen-bond acceptors (Lipinski definition) is 4. The van der Waals surface area contributed by atoms with Crippen LogP contribution in [0.25, 0.3) is 0 Å². The van der Waals surface area contributed by atoms with Crippen LogP contribution < -0.4 is 10.2 Å². The monoisotopic (exact) mass is 393 g/mol. The molecule has 1 amide bonds. The van der Waals surface area contributed by atoms with E-state index in [2.05, 4.69) is 11.9 Å². The number of carbonyl (C=O) groups is 2. The van der Waals surface area contributed by atoms with E-state index in [4.69, 9.17) is 16.3 Å². The summed E-state index contributed by atoms with van der Waals surface area (Å²) < 4.78 is 5.46. The average molecular weight is 394 g/mol. The number of aryl methyl sites for hydroxylation is 1. The van der Waals surface area contributed by atoms with Crippen molar-refractivity contribution in [1.29, 1.82) is 0 Å². The molecule has 0 saturated carbocycles. The summed E-state index contributed by atoms with van der Waals surface area (Å²) in [6.45, 7) is 7.27. The van der Waals surface area contributed by atoms with Gasteiger partial charge in [0, 0.05) is 5.69 Å². The molecule has 0 bridgehead atoms. The number of anilines is 1. The van der Waals surface area contributed by atoms with Crippen LogP contribution in [0.15, 0.2) is 43.0 Å². The quantitative estimate of drug-likeness (QED) is 0.535. The van der Waals surface area contributed by atoms with Gasteiger partial charge in [0.1, 0.15) is 6.54 Å². The highest BCUT2D eigenvalue weighted by Crippen LogP contribution is 2.20. The molecule has 1 heterocycles. The van der Waals surface area contributed by atoms with Crippen molar-refractivity contribution in [2.45, 2.75) is 13.5 Å². The number of rotatable bonds is 8. The van der Waals surface area contributed by atoms with E-state index in [0.717, 1.165) is 19.7 Å². The van der Waals surface area contributed by atoms with Crippen LogP contribution in [0.3, 0.4) is 0 Å². The minimum atomic E-state index is -0.436. The van der Waals surface area contributed by atoms with Crippen LogP contribution in [-0.4, -0.2) is 32.1 Å². The molecule has 0 radical (unpaired) electrons. The Morgan fingerprint density at radius 2 is 2.12 bits per heavy atom. The van der Waals surface area contributed by atoms with Gasteiger partial charge in [0.25, 0.3) is 5.91 Å². The molecule has 2 N–H and O–H groups in total. The molecule has 0 aliphatic heterocycles. The first-order chi connectivity index (χ1) is 12.4. The van der Waals surface area contributed by atoms with Gasteiger partial charge in [-0.1, -0.05) is 24.2 Å². The van der Waals surface area contributed by atoms with Crippen LogP contribution in [-0.2, 0) is 16.1 Å². The third kappa shape index (κ3) is 5.69. The van der Waals surface area contributed by atoms with E-state index >= 15 is 0 Å². The molecule has 0 aliphatic carbocycles.